The molecule has 4 heteroatoms. The predicted octanol–water partition coefficient (Wildman–Crippen LogP) is 1.02. The van der Waals surface area contributed by atoms with E-state index in [4.69, 9.17) is 14.9 Å². The van der Waals surface area contributed by atoms with Gasteiger partial charge in [0.15, 0.2) is 0 Å². The number of carbonyl (C=O) groups excluding carboxylic acids is 1. The van der Waals surface area contributed by atoms with Crippen molar-refractivity contribution in [3.63, 3.8) is 0 Å². The Morgan fingerprint density at radius 3 is 2.93 bits per heavy atom. The van der Waals surface area contributed by atoms with Crippen molar-refractivity contribution in [3.8, 4) is 0 Å². The Morgan fingerprint density at radius 2 is 2.43 bits per heavy atom. The van der Waals surface area contributed by atoms with Gasteiger partial charge in [-0.1, -0.05) is 0 Å². The molecule has 0 fully saturated rings. The number of rotatable bonds is 4. The number of carbonyl (C=O) groups is 1. The highest BCUT2D eigenvalue weighted by Gasteiger charge is 2.17. The molecule has 0 aliphatic carbocycles. The van der Waals surface area contributed by atoms with Crippen LogP contribution < -0.4 is 5.73 Å². The molecule has 1 aromatic heterocycles. The first-order valence-corrected chi connectivity index (χ1v) is 4.60. The molecule has 0 aromatic carbocycles. The summed E-state index contributed by atoms with van der Waals surface area (Å²) in [6, 6.07) is 1.20. The molecule has 1 heterocycles. The molecule has 0 saturated heterocycles. The molecule has 0 saturated carbocycles. The maximum atomic E-state index is 11.2. The summed E-state index contributed by atoms with van der Waals surface area (Å²) >= 11 is 0. The number of esters is 1. The molecule has 0 radical (unpaired) electrons. The van der Waals surface area contributed by atoms with Gasteiger partial charge in [-0.15, -0.1) is 0 Å². The predicted molar refractivity (Wildman–Crippen MR) is 51.8 cm³/mol. The minimum absolute atomic E-state index is 0.351. The molecule has 2 N–H and O–H groups in total. The van der Waals surface area contributed by atoms with E-state index in [1.165, 1.54) is 0 Å². The van der Waals surface area contributed by atoms with Crippen LogP contribution in [-0.4, -0.2) is 18.6 Å². The summed E-state index contributed by atoms with van der Waals surface area (Å²) in [5.74, 6) is 0.355. The minimum Gasteiger partial charge on any atom is -0.469 e. The average molecular weight is 197 g/mol. The SMILES string of the molecule is CCOC(=O)C(N)Cc1occc1C. The van der Waals surface area contributed by atoms with Crippen molar-refractivity contribution < 1.29 is 13.9 Å². The van der Waals surface area contributed by atoms with Crippen LogP contribution >= 0.6 is 0 Å². The van der Waals surface area contributed by atoms with Gasteiger partial charge < -0.3 is 14.9 Å². The first-order chi connectivity index (χ1) is 6.65. The number of furan rings is 1. The third-order valence-electron chi connectivity index (χ3n) is 1.96. The molecule has 78 valence electrons. The van der Waals surface area contributed by atoms with Crippen molar-refractivity contribution in [2.24, 2.45) is 5.73 Å². The molecule has 0 bridgehead atoms. The van der Waals surface area contributed by atoms with E-state index in [-0.39, 0.29) is 5.97 Å². The Labute approximate surface area is 83.0 Å². The minimum atomic E-state index is -0.639. The summed E-state index contributed by atoms with van der Waals surface area (Å²) in [4.78, 5) is 11.2. The average Bonchev–Trinajstić information content (AvgIpc) is 2.52. The molecule has 4 nitrogen and oxygen atoms in total. The molecule has 0 spiro atoms. The molecule has 1 unspecified atom stereocenters. The Morgan fingerprint density at radius 1 is 1.71 bits per heavy atom. The highest BCUT2D eigenvalue weighted by Crippen LogP contribution is 2.10. The van der Waals surface area contributed by atoms with E-state index in [1.54, 1.807) is 13.2 Å². The standard InChI is InChI=1S/C10H15NO3/c1-3-13-10(12)8(11)6-9-7(2)4-5-14-9/h4-5,8H,3,6,11H2,1-2H3. The Balaban J connectivity index is 2.52. The summed E-state index contributed by atoms with van der Waals surface area (Å²) in [6.45, 7) is 4.02. The second kappa shape index (κ2) is 4.81. The van der Waals surface area contributed by atoms with Crippen LogP contribution in [0.4, 0.5) is 0 Å². The molecule has 0 aliphatic heterocycles. The maximum Gasteiger partial charge on any atom is 0.323 e. The largest absolute Gasteiger partial charge is 0.469 e. The number of ether oxygens (including phenoxy) is 1. The van der Waals surface area contributed by atoms with Gasteiger partial charge in [-0.25, -0.2) is 0 Å². The van der Waals surface area contributed by atoms with E-state index in [9.17, 15) is 4.79 Å². The second-order valence-electron chi connectivity index (χ2n) is 3.09. The van der Waals surface area contributed by atoms with Crippen molar-refractivity contribution in [2.75, 3.05) is 6.61 Å². The fraction of sp³-hybridized carbons (Fsp3) is 0.500. The highest BCUT2D eigenvalue weighted by atomic mass is 16.5. The lowest BCUT2D eigenvalue weighted by atomic mass is 10.1. The fourth-order valence-corrected chi connectivity index (χ4v) is 1.15. The monoisotopic (exact) mass is 197 g/mol. The van der Waals surface area contributed by atoms with Crippen LogP contribution in [0.1, 0.15) is 18.2 Å². The first-order valence-electron chi connectivity index (χ1n) is 4.60. The molecular formula is C10H15NO3. The molecule has 14 heavy (non-hydrogen) atoms. The topological polar surface area (TPSA) is 65.5 Å². The van der Waals surface area contributed by atoms with Crippen LogP contribution in [0.15, 0.2) is 16.7 Å². The van der Waals surface area contributed by atoms with Gasteiger partial charge in [0.2, 0.25) is 0 Å². The zero-order valence-corrected chi connectivity index (χ0v) is 8.45. The Kier molecular flexibility index (Phi) is 3.71. The van der Waals surface area contributed by atoms with E-state index in [0.717, 1.165) is 11.3 Å². The number of hydrogen-bond donors (Lipinski definition) is 1. The Bertz CT molecular complexity index is 306. The van der Waals surface area contributed by atoms with Gasteiger partial charge in [-0.3, -0.25) is 4.79 Å². The zero-order chi connectivity index (χ0) is 10.6. The lowest BCUT2D eigenvalue weighted by molar-refractivity contribution is -0.144. The lowest BCUT2D eigenvalue weighted by Gasteiger charge is -2.08. The summed E-state index contributed by atoms with van der Waals surface area (Å²) in [6.07, 6.45) is 1.97. The van der Waals surface area contributed by atoms with Crippen molar-refractivity contribution >= 4 is 5.97 Å². The van der Waals surface area contributed by atoms with Crippen molar-refractivity contribution in [2.45, 2.75) is 26.3 Å². The zero-order valence-electron chi connectivity index (χ0n) is 8.45. The van der Waals surface area contributed by atoms with Crippen LogP contribution in [-0.2, 0) is 16.0 Å². The number of nitrogens with two attached hydrogens (primary N) is 1. The number of aryl methyl sites for hydroxylation is 1. The van der Waals surface area contributed by atoms with Crippen molar-refractivity contribution in [1.29, 1.82) is 0 Å². The molecule has 1 atom stereocenters. The van der Waals surface area contributed by atoms with Gasteiger partial charge in [-0.2, -0.15) is 0 Å². The molecule has 1 rings (SSSR count). The molecule has 1 aromatic rings. The van der Waals surface area contributed by atoms with E-state index < -0.39 is 6.04 Å². The first kappa shape index (κ1) is 10.8. The third-order valence-corrected chi connectivity index (χ3v) is 1.96. The summed E-state index contributed by atoms with van der Waals surface area (Å²) in [5, 5.41) is 0. The second-order valence-corrected chi connectivity index (χ2v) is 3.09. The van der Waals surface area contributed by atoms with E-state index in [0.29, 0.717) is 13.0 Å². The summed E-state index contributed by atoms with van der Waals surface area (Å²) < 4.78 is 9.96. The summed E-state index contributed by atoms with van der Waals surface area (Å²) in [7, 11) is 0. The smallest absolute Gasteiger partial charge is 0.323 e. The third kappa shape index (κ3) is 2.60. The van der Waals surface area contributed by atoms with Crippen molar-refractivity contribution in [1.82, 2.24) is 0 Å². The van der Waals surface area contributed by atoms with Gasteiger partial charge in [0.05, 0.1) is 12.9 Å². The van der Waals surface area contributed by atoms with Crippen LogP contribution in [0.2, 0.25) is 0 Å². The molecule has 0 aliphatic rings. The quantitative estimate of drug-likeness (QED) is 0.732. The van der Waals surface area contributed by atoms with Gasteiger partial charge in [0.25, 0.3) is 0 Å². The number of hydrogen-bond acceptors (Lipinski definition) is 4. The highest BCUT2D eigenvalue weighted by molar-refractivity contribution is 5.75. The van der Waals surface area contributed by atoms with Crippen LogP contribution in [0.25, 0.3) is 0 Å². The van der Waals surface area contributed by atoms with Gasteiger partial charge in [0, 0.05) is 6.42 Å². The van der Waals surface area contributed by atoms with Gasteiger partial charge >= 0.3 is 5.97 Å². The normalized spacial score (nSPS) is 12.5. The van der Waals surface area contributed by atoms with Gasteiger partial charge in [0.1, 0.15) is 11.8 Å². The lowest BCUT2D eigenvalue weighted by Crippen LogP contribution is -2.34. The van der Waals surface area contributed by atoms with E-state index >= 15 is 0 Å². The maximum absolute atomic E-state index is 11.2. The van der Waals surface area contributed by atoms with E-state index in [2.05, 4.69) is 0 Å². The van der Waals surface area contributed by atoms with Crippen LogP contribution in [0, 0.1) is 6.92 Å². The Hall–Kier alpha value is -1.29. The van der Waals surface area contributed by atoms with Crippen LogP contribution in [0.3, 0.4) is 0 Å². The van der Waals surface area contributed by atoms with Gasteiger partial charge in [-0.05, 0) is 25.5 Å². The van der Waals surface area contributed by atoms with Crippen LogP contribution in [0.5, 0.6) is 0 Å². The van der Waals surface area contributed by atoms with E-state index in [1.807, 2.05) is 13.0 Å². The fourth-order valence-electron chi connectivity index (χ4n) is 1.15. The summed E-state index contributed by atoms with van der Waals surface area (Å²) in [5.41, 5.74) is 6.63. The van der Waals surface area contributed by atoms with Crippen molar-refractivity contribution in [3.05, 3.63) is 23.7 Å². The molecular weight excluding hydrogens is 182 g/mol. The molecule has 0 amide bonds.